The third kappa shape index (κ3) is 4.48. The maximum Gasteiger partial charge on any atom is 0.416 e. The molecule has 2 aromatic carbocycles. The van der Waals surface area contributed by atoms with Crippen LogP contribution in [0.2, 0.25) is 5.02 Å². The Hall–Kier alpha value is -2.01. The molecule has 0 saturated heterocycles. The summed E-state index contributed by atoms with van der Waals surface area (Å²) in [7, 11) is 0. The Morgan fingerprint density at radius 3 is 2.57 bits per heavy atom. The number of ether oxygens (including phenoxy) is 1. The van der Waals surface area contributed by atoms with Crippen molar-refractivity contribution in [2.45, 2.75) is 19.5 Å². The second kappa shape index (κ2) is 7.04. The highest BCUT2D eigenvalue weighted by Crippen LogP contribution is 2.34. The molecule has 0 N–H and O–H groups in total. The molecular formula is C17H14ClF3O2. The first-order valence-corrected chi connectivity index (χ1v) is 7.30. The van der Waals surface area contributed by atoms with Gasteiger partial charge in [-0.1, -0.05) is 29.8 Å². The van der Waals surface area contributed by atoms with E-state index >= 15 is 0 Å². The number of carbonyl (C=O) groups excluding carboxylic acids is 1. The average molecular weight is 343 g/mol. The fourth-order valence-corrected chi connectivity index (χ4v) is 2.42. The minimum atomic E-state index is -4.43. The quantitative estimate of drug-likeness (QED) is 0.720. The fourth-order valence-electron chi connectivity index (χ4n) is 2.22. The van der Waals surface area contributed by atoms with Crippen LogP contribution in [0.4, 0.5) is 13.2 Å². The van der Waals surface area contributed by atoms with Crippen LogP contribution in [-0.4, -0.2) is 12.6 Å². The van der Waals surface area contributed by atoms with Gasteiger partial charge in [-0.2, -0.15) is 13.2 Å². The summed E-state index contributed by atoms with van der Waals surface area (Å²) in [5.74, 6) is -0.456. The van der Waals surface area contributed by atoms with Gasteiger partial charge in [-0.3, -0.25) is 4.79 Å². The first-order chi connectivity index (χ1) is 10.8. The standard InChI is InChI=1S/C17H14ClF3O2/c1-2-23-16(22)10-12-9-14(18)6-7-15(12)11-4-3-5-13(8-11)17(19,20)21/h3-9H,2,10H2,1H3. The molecule has 0 spiro atoms. The summed E-state index contributed by atoms with van der Waals surface area (Å²) < 4.78 is 43.5. The van der Waals surface area contributed by atoms with Crippen molar-refractivity contribution in [1.82, 2.24) is 0 Å². The van der Waals surface area contributed by atoms with Crippen molar-refractivity contribution < 1.29 is 22.7 Å². The Balaban J connectivity index is 2.45. The van der Waals surface area contributed by atoms with Gasteiger partial charge < -0.3 is 4.74 Å². The van der Waals surface area contributed by atoms with E-state index in [0.717, 1.165) is 12.1 Å². The number of hydrogen-bond acceptors (Lipinski definition) is 2. The van der Waals surface area contributed by atoms with Crippen LogP contribution < -0.4 is 0 Å². The number of hydrogen-bond donors (Lipinski definition) is 0. The Morgan fingerprint density at radius 2 is 1.91 bits per heavy atom. The lowest BCUT2D eigenvalue weighted by atomic mass is 9.96. The predicted molar refractivity (Wildman–Crippen MR) is 82.2 cm³/mol. The van der Waals surface area contributed by atoms with Gasteiger partial charge in [0.05, 0.1) is 18.6 Å². The molecule has 122 valence electrons. The molecule has 0 bridgehead atoms. The molecule has 0 aliphatic carbocycles. The highest BCUT2D eigenvalue weighted by molar-refractivity contribution is 6.30. The van der Waals surface area contributed by atoms with E-state index in [4.69, 9.17) is 16.3 Å². The van der Waals surface area contributed by atoms with E-state index in [1.54, 1.807) is 31.2 Å². The molecule has 6 heteroatoms. The van der Waals surface area contributed by atoms with Gasteiger partial charge in [-0.05, 0) is 47.9 Å². The van der Waals surface area contributed by atoms with E-state index in [1.165, 1.54) is 6.07 Å². The lowest BCUT2D eigenvalue weighted by Gasteiger charge is -2.13. The molecule has 0 atom stereocenters. The van der Waals surface area contributed by atoms with Crippen LogP contribution >= 0.6 is 11.6 Å². The summed E-state index contributed by atoms with van der Waals surface area (Å²) in [5, 5.41) is 0.403. The minimum Gasteiger partial charge on any atom is -0.466 e. The van der Waals surface area contributed by atoms with Gasteiger partial charge in [-0.15, -0.1) is 0 Å². The van der Waals surface area contributed by atoms with Crippen molar-refractivity contribution >= 4 is 17.6 Å². The predicted octanol–water partition coefficient (Wildman–Crippen LogP) is 5.13. The molecule has 0 aliphatic heterocycles. The van der Waals surface area contributed by atoms with E-state index < -0.39 is 17.7 Å². The molecule has 0 fully saturated rings. The topological polar surface area (TPSA) is 26.3 Å². The van der Waals surface area contributed by atoms with E-state index in [-0.39, 0.29) is 13.0 Å². The summed E-state index contributed by atoms with van der Waals surface area (Å²) in [6, 6.07) is 9.70. The third-order valence-electron chi connectivity index (χ3n) is 3.21. The molecule has 0 aliphatic rings. The molecule has 0 amide bonds. The maximum atomic E-state index is 12.9. The Bertz CT molecular complexity index is 711. The first-order valence-electron chi connectivity index (χ1n) is 6.93. The number of halogens is 4. The first kappa shape index (κ1) is 17.3. The van der Waals surface area contributed by atoms with Gasteiger partial charge in [0.25, 0.3) is 0 Å². The van der Waals surface area contributed by atoms with Crippen LogP contribution in [0.3, 0.4) is 0 Å². The molecule has 0 aromatic heterocycles. The molecule has 2 aromatic rings. The average Bonchev–Trinajstić information content (AvgIpc) is 2.47. The summed E-state index contributed by atoms with van der Waals surface area (Å²) in [6.07, 6.45) is -4.48. The summed E-state index contributed by atoms with van der Waals surface area (Å²) >= 11 is 5.94. The fraction of sp³-hybridized carbons (Fsp3) is 0.235. The zero-order valence-electron chi connectivity index (χ0n) is 12.3. The Morgan fingerprint density at radius 1 is 1.17 bits per heavy atom. The lowest BCUT2D eigenvalue weighted by molar-refractivity contribution is -0.142. The monoisotopic (exact) mass is 342 g/mol. The van der Waals surface area contributed by atoms with Gasteiger partial charge in [0.1, 0.15) is 0 Å². The van der Waals surface area contributed by atoms with Crippen molar-refractivity contribution in [2.24, 2.45) is 0 Å². The highest BCUT2D eigenvalue weighted by Gasteiger charge is 2.30. The third-order valence-corrected chi connectivity index (χ3v) is 3.44. The molecule has 0 unspecified atom stereocenters. The number of alkyl halides is 3. The number of carbonyl (C=O) groups is 1. The van der Waals surface area contributed by atoms with E-state index in [9.17, 15) is 18.0 Å². The van der Waals surface area contributed by atoms with Crippen LogP contribution in [0.15, 0.2) is 42.5 Å². The lowest BCUT2D eigenvalue weighted by Crippen LogP contribution is -2.09. The zero-order chi connectivity index (χ0) is 17.0. The van der Waals surface area contributed by atoms with Crippen LogP contribution in [-0.2, 0) is 22.1 Å². The zero-order valence-corrected chi connectivity index (χ0v) is 13.0. The molecule has 0 heterocycles. The largest absolute Gasteiger partial charge is 0.466 e. The van der Waals surface area contributed by atoms with Crippen molar-refractivity contribution in [1.29, 1.82) is 0 Å². The van der Waals surface area contributed by atoms with Crippen molar-refractivity contribution in [2.75, 3.05) is 6.61 Å². The summed E-state index contributed by atoms with van der Waals surface area (Å²) in [6.45, 7) is 1.92. The molecular weight excluding hydrogens is 329 g/mol. The van der Waals surface area contributed by atoms with Gasteiger partial charge in [0.2, 0.25) is 0 Å². The second-order valence-electron chi connectivity index (χ2n) is 4.86. The van der Waals surface area contributed by atoms with Gasteiger partial charge in [-0.25, -0.2) is 0 Å². The van der Waals surface area contributed by atoms with Crippen molar-refractivity contribution in [3.63, 3.8) is 0 Å². The maximum absolute atomic E-state index is 12.9. The minimum absolute atomic E-state index is 0.0556. The summed E-state index contributed by atoms with van der Waals surface area (Å²) in [4.78, 5) is 11.7. The number of esters is 1. The van der Waals surface area contributed by atoms with Crippen LogP contribution in [0.5, 0.6) is 0 Å². The van der Waals surface area contributed by atoms with Crippen LogP contribution in [0.1, 0.15) is 18.1 Å². The van der Waals surface area contributed by atoms with Gasteiger partial charge in [0.15, 0.2) is 0 Å². The van der Waals surface area contributed by atoms with Gasteiger partial charge in [0, 0.05) is 5.02 Å². The molecule has 23 heavy (non-hydrogen) atoms. The second-order valence-corrected chi connectivity index (χ2v) is 5.30. The normalized spacial score (nSPS) is 11.3. The smallest absolute Gasteiger partial charge is 0.416 e. The van der Waals surface area contributed by atoms with Crippen LogP contribution in [0, 0.1) is 0 Å². The molecule has 0 saturated carbocycles. The Kier molecular flexibility index (Phi) is 5.31. The van der Waals surface area contributed by atoms with Gasteiger partial charge >= 0.3 is 12.1 Å². The van der Waals surface area contributed by atoms with E-state index in [2.05, 4.69) is 0 Å². The molecule has 0 radical (unpaired) electrons. The van der Waals surface area contributed by atoms with E-state index in [1.807, 2.05) is 0 Å². The number of rotatable bonds is 4. The number of benzene rings is 2. The highest BCUT2D eigenvalue weighted by atomic mass is 35.5. The Labute approximate surface area is 136 Å². The van der Waals surface area contributed by atoms with Crippen LogP contribution in [0.25, 0.3) is 11.1 Å². The molecule has 2 rings (SSSR count). The van der Waals surface area contributed by atoms with Crippen molar-refractivity contribution in [3.8, 4) is 11.1 Å². The SMILES string of the molecule is CCOC(=O)Cc1cc(Cl)ccc1-c1cccc(C(F)(F)F)c1. The molecule has 2 nitrogen and oxygen atoms in total. The van der Waals surface area contributed by atoms with E-state index in [0.29, 0.717) is 21.7 Å². The van der Waals surface area contributed by atoms with Crippen molar-refractivity contribution in [3.05, 3.63) is 58.6 Å². The summed E-state index contributed by atoms with van der Waals surface area (Å²) in [5.41, 5.74) is 0.673.